The Morgan fingerprint density at radius 3 is 2.31 bits per heavy atom. The normalized spacial score (nSPS) is 24.3. The lowest BCUT2D eigenvalue weighted by molar-refractivity contribution is -0.125. The molecule has 1 saturated heterocycles. The lowest BCUT2D eigenvalue weighted by Crippen LogP contribution is -2.43. The molecule has 9 nitrogen and oxygen atoms in total. The number of hydrogen-bond acceptors (Lipinski definition) is 6. The van der Waals surface area contributed by atoms with Gasteiger partial charge in [-0.1, -0.05) is 29.8 Å². The minimum atomic E-state index is -0.807. The second-order valence-electron chi connectivity index (χ2n) is 9.01. The average Bonchev–Trinajstić information content (AvgIpc) is 3.55. The van der Waals surface area contributed by atoms with Gasteiger partial charge in [-0.05, 0) is 61.4 Å². The van der Waals surface area contributed by atoms with E-state index >= 15 is 0 Å². The molecule has 180 valence electrons. The number of nitrogens with one attached hydrogen (secondary N) is 2. The van der Waals surface area contributed by atoms with Gasteiger partial charge in [0.1, 0.15) is 0 Å². The summed E-state index contributed by atoms with van der Waals surface area (Å²) in [5, 5.41) is 0.219. The molecular formula is C25H22ClN3O6. The van der Waals surface area contributed by atoms with Crippen molar-refractivity contribution < 1.29 is 28.7 Å². The summed E-state index contributed by atoms with van der Waals surface area (Å²) in [5.41, 5.74) is 4.93. The van der Waals surface area contributed by atoms with Crippen molar-refractivity contribution in [3.63, 3.8) is 0 Å². The molecule has 3 aliphatic rings. The van der Waals surface area contributed by atoms with E-state index in [1.165, 1.54) is 29.2 Å². The third kappa shape index (κ3) is 4.16. The summed E-state index contributed by atoms with van der Waals surface area (Å²) in [7, 11) is 0. The van der Waals surface area contributed by atoms with Gasteiger partial charge in [0, 0.05) is 0 Å². The Bertz CT molecular complexity index is 1220. The summed E-state index contributed by atoms with van der Waals surface area (Å²) < 4.78 is 5.02. The Balaban J connectivity index is 1.18. The molecule has 4 atom stereocenters. The van der Waals surface area contributed by atoms with E-state index in [0.717, 1.165) is 19.3 Å². The van der Waals surface area contributed by atoms with Gasteiger partial charge in [-0.3, -0.25) is 34.9 Å². The lowest BCUT2D eigenvalue weighted by atomic mass is 9.81. The highest BCUT2D eigenvalue weighted by molar-refractivity contribution is 6.33. The summed E-state index contributed by atoms with van der Waals surface area (Å²) in [6.45, 7) is -0.652. The number of hydrazine groups is 1. The highest BCUT2D eigenvalue weighted by Gasteiger charge is 2.61. The van der Waals surface area contributed by atoms with Crippen molar-refractivity contribution in [2.75, 3.05) is 11.5 Å². The summed E-state index contributed by atoms with van der Waals surface area (Å²) in [4.78, 5) is 63.8. The molecule has 35 heavy (non-hydrogen) atoms. The molecule has 2 aromatic carbocycles. The van der Waals surface area contributed by atoms with Gasteiger partial charge in [0.15, 0.2) is 6.61 Å². The van der Waals surface area contributed by atoms with E-state index in [4.69, 9.17) is 16.3 Å². The number of amides is 4. The number of hydrogen-bond donors (Lipinski definition) is 2. The smallest absolute Gasteiger partial charge is 0.338 e. The summed E-state index contributed by atoms with van der Waals surface area (Å²) in [6, 6.07) is 12.4. The van der Waals surface area contributed by atoms with E-state index in [0.29, 0.717) is 5.69 Å². The third-order valence-electron chi connectivity index (χ3n) is 7.04. The number of anilines is 1. The Kier molecular flexibility index (Phi) is 6.02. The highest BCUT2D eigenvalue weighted by atomic mass is 35.5. The standard InChI is InChI=1S/C25H22ClN3O6/c26-18-7-2-1-6-17(18)22(31)28-27-19(30)12-35-25(34)15-4-3-5-16(11-15)29-23(32)20-13-8-9-14(10-13)21(20)24(29)33/h1-7,11,13-14,20-21H,8-10,12H2,(H,27,30)(H,28,31)/t13-,14-,20-,21-/m0/s1. The van der Waals surface area contributed by atoms with E-state index in [2.05, 4.69) is 10.9 Å². The fourth-order valence-corrected chi connectivity index (χ4v) is 5.75. The first-order chi connectivity index (χ1) is 16.8. The van der Waals surface area contributed by atoms with Crippen molar-refractivity contribution >= 4 is 46.9 Å². The van der Waals surface area contributed by atoms with E-state index in [9.17, 15) is 24.0 Å². The Labute approximate surface area is 205 Å². The predicted octanol–water partition coefficient (Wildman–Crippen LogP) is 2.49. The number of halogens is 1. The number of benzene rings is 2. The number of ether oxygens (including phenoxy) is 1. The van der Waals surface area contributed by atoms with Crippen molar-refractivity contribution in [3.8, 4) is 0 Å². The molecule has 1 aliphatic heterocycles. The van der Waals surface area contributed by atoms with Crippen LogP contribution in [-0.2, 0) is 19.1 Å². The zero-order valence-electron chi connectivity index (χ0n) is 18.5. The number of carbonyl (C=O) groups is 5. The van der Waals surface area contributed by atoms with Gasteiger partial charge in [0.05, 0.1) is 33.7 Å². The van der Waals surface area contributed by atoms with Crippen LogP contribution < -0.4 is 15.8 Å². The Morgan fingerprint density at radius 1 is 0.943 bits per heavy atom. The van der Waals surface area contributed by atoms with Crippen molar-refractivity contribution in [1.29, 1.82) is 0 Å². The van der Waals surface area contributed by atoms with Gasteiger partial charge in [0.25, 0.3) is 11.8 Å². The number of imide groups is 1. The van der Waals surface area contributed by atoms with Crippen LogP contribution in [0.15, 0.2) is 48.5 Å². The maximum Gasteiger partial charge on any atom is 0.338 e. The molecule has 2 saturated carbocycles. The monoisotopic (exact) mass is 495 g/mol. The lowest BCUT2D eigenvalue weighted by Gasteiger charge is -2.19. The number of carbonyl (C=O) groups excluding carboxylic acids is 5. The van der Waals surface area contributed by atoms with Gasteiger partial charge in [-0.25, -0.2) is 4.79 Å². The molecular weight excluding hydrogens is 474 g/mol. The first kappa shape index (κ1) is 23.0. The zero-order chi connectivity index (χ0) is 24.7. The van der Waals surface area contributed by atoms with E-state index in [1.54, 1.807) is 24.3 Å². The maximum absolute atomic E-state index is 13.0. The Hall–Kier alpha value is -3.72. The maximum atomic E-state index is 13.0. The molecule has 1 heterocycles. The predicted molar refractivity (Wildman–Crippen MR) is 124 cm³/mol. The van der Waals surface area contributed by atoms with Crippen LogP contribution in [0.1, 0.15) is 40.0 Å². The molecule has 0 unspecified atom stereocenters. The van der Waals surface area contributed by atoms with Crippen LogP contribution in [0.5, 0.6) is 0 Å². The van der Waals surface area contributed by atoms with Crippen molar-refractivity contribution in [2.45, 2.75) is 19.3 Å². The number of fused-ring (bicyclic) bond motifs is 5. The second kappa shape index (κ2) is 9.14. The highest BCUT2D eigenvalue weighted by Crippen LogP contribution is 2.56. The fraction of sp³-hybridized carbons (Fsp3) is 0.320. The van der Waals surface area contributed by atoms with Gasteiger partial charge in [-0.15, -0.1) is 0 Å². The largest absolute Gasteiger partial charge is 0.452 e. The van der Waals surface area contributed by atoms with E-state index in [-0.39, 0.29) is 51.6 Å². The third-order valence-corrected chi connectivity index (χ3v) is 7.37. The second-order valence-corrected chi connectivity index (χ2v) is 9.41. The zero-order valence-corrected chi connectivity index (χ0v) is 19.3. The van der Waals surface area contributed by atoms with Crippen LogP contribution in [0.3, 0.4) is 0 Å². The van der Waals surface area contributed by atoms with E-state index in [1.807, 2.05) is 0 Å². The SMILES string of the molecule is O=C(COC(=O)c1cccc(N2C(=O)[C@H]3[C@H]4CC[C@@H](C4)[C@@H]3C2=O)c1)NNC(=O)c1ccccc1Cl. The van der Waals surface area contributed by atoms with Gasteiger partial charge < -0.3 is 4.74 Å². The van der Waals surface area contributed by atoms with Crippen LogP contribution >= 0.6 is 11.6 Å². The van der Waals surface area contributed by atoms with Crippen molar-refractivity contribution in [3.05, 3.63) is 64.7 Å². The minimum Gasteiger partial charge on any atom is -0.452 e. The summed E-state index contributed by atoms with van der Waals surface area (Å²) >= 11 is 5.94. The molecule has 0 radical (unpaired) electrons. The van der Waals surface area contributed by atoms with Crippen LogP contribution in [0.4, 0.5) is 5.69 Å². The molecule has 4 amide bonds. The van der Waals surface area contributed by atoms with Crippen LogP contribution in [0, 0.1) is 23.7 Å². The molecule has 2 aliphatic carbocycles. The molecule has 2 N–H and O–H groups in total. The molecule has 3 fully saturated rings. The van der Waals surface area contributed by atoms with E-state index < -0.39 is 24.4 Å². The first-order valence-electron chi connectivity index (χ1n) is 11.3. The summed E-state index contributed by atoms with van der Waals surface area (Å²) in [5.74, 6) is -2.60. The molecule has 2 aromatic rings. The van der Waals surface area contributed by atoms with Crippen LogP contribution in [-0.4, -0.2) is 36.2 Å². The van der Waals surface area contributed by atoms with Crippen LogP contribution in [0.2, 0.25) is 5.02 Å². The number of rotatable bonds is 5. The fourth-order valence-electron chi connectivity index (χ4n) is 5.52. The quantitative estimate of drug-likeness (QED) is 0.373. The number of nitrogens with zero attached hydrogens (tertiary/aromatic N) is 1. The van der Waals surface area contributed by atoms with Gasteiger partial charge in [-0.2, -0.15) is 0 Å². The Morgan fingerprint density at radius 2 is 1.63 bits per heavy atom. The molecule has 5 rings (SSSR count). The molecule has 0 spiro atoms. The van der Waals surface area contributed by atoms with Crippen LogP contribution in [0.25, 0.3) is 0 Å². The van der Waals surface area contributed by atoms with Crippen molar-refractivity contribution in [1.82, 2.24) is 10.9 Å². The molecule has 10 heteroatoms. The minimum absolute atomic E-state index is 0.0936. The molecule has 2 bridgehead atoms. The number of esters is 1. The topological polar surface area (TPSA) is 122 Å². The molecule has 0 aromatic heterocycles. The first-order valence-corrected chi connectivity index (χ1v) is 11.7. The van der Waals surface area contributed by atoms with Gasteiger partial charge in [0.2, 0.25) is 11.8 Å². The summed E-state index contributed by atoms with van der Waals surface area (Å²) in [6.07, 6.45) is 2.89. The van der Waals surface area contributed by atoms with Crippen molar-refractivity contribution in [2.24, 2.45) is 23.7 Å². The average molecular weight is 496 g/mol. The van der Waals surface area contributed by atoms with Gasteiger partial charge >= 0.3 is 5.97 Å².